The Morgan fingerprint density at radius 1 is 1.00 bits per heavy atom. The van der Waals surface area contributed by atoms with Gasteiger partial charge in [-0.25, -0.2) is 9.97 Å². The first-order chi connectivity index (χ1) is 16.0. The monoisotopic (exact) mass is 549 g/mol. The summed E-state index contributed by atoms with van der Waals surface area (Å²) in [5.41, 5.74) is 11.1. The van der Waals surface area contributed by atoms with Crippen molar-refractivity contribution in [3.8, 4) is 11.4 Å². The normalized spacial score (nSPS) is 11.1. The number of fused-ring (bicyclic) bond motifs is 2. The number of carbonyl (C=O) groups is 1. The number of benzene rings is 3. The number of carbonyl (C=O) groups excluding carboxylic acids is 1. The first kappa shape index (κ1) is 21.2. The van der Waals surface area contributed by atoms with E-state index in [1.54, 1.807) is 11.7 Å². The molecular weight excluding hydrogens is 529 g/mol. The van der Waals surface area contributed by atoms with Gasteiger partial charge >= 0.3 is 0 Å². The number of methoxy groups -OCH3 is 1. The molecule has 0 radical (unpaired) electrons. The smallest absolute Gasteiger partial charge is 0.257 e. The molecular formula is C25H20IN5O2. The Hall–Kier alpha value is -3.66. The maximum atomic E-state index is 13.3. The van der Waals surface area contributed by atoms with Gasteiger partial charge in [0.05, 0.1) is 18.1 Å². The Labute approximate surface area is 203 Å². The van der Waals surface area contributed by atoms with Gasteiger partial charge in [0.25, 0.3) is 5.91 Å². The molecule has 0 unspecified atom stereocenters. The van der Waals surface area contributed by atoms with E-state index in [1.165, 1.54) is 0 Å². The van der Waals surface area contributed by atoms with E-state index in [-0.39, 0.29) is 5.91 Å². The molecule has 3 N–H and O–H groups in total. The zero-order chi connectivity index (χ0) is 22.9. The number of ether oxygens (including phenoxy) is 1. The van der Waals surface area contributed by atoms with E-state index in [9.17, 15) is 4.79 Å². The fraction of sp³-hybridized carbons (Fsp3) is 0.0800. The van der Waals surface area contributed by atoms with Crippen molar-refractivity contribution >= 4 is 56.5 Å². The molecule has 33 heavy (non-hydrogen) atoms. The Bertz CT molecular complexity index is 1480. The number of amides is 1. The molecule has 2 aromatic heterocycles. The van der Waals surface area contributed by atoms with E-state index in [0.29, 0.717) is 34.6 Å². The minimum Gasteiger partial charge on any atom is -0.497 e. The van der Waals surface area contributed by atoms with Crippen molar-refractivity contribution in [1.82, 2.24) is 19.9 Å². The van der Waals surface area contributed by atoms with Crippen LogP contribution in [0.5, 0.6) is 5.75 Å². The zero-order valence-electron chi connectivity index (χ0n) is 17.7. The first-order valence-corrected chi connectivity index (χ1v) is 11.4. The molecule has 1 amide bonds. The molecule has 7 nitrogen and oxygen atoms in total. The van der Waals surface area contributed by atoms with E-state index in [0.717, 1.165) is 26.1 Å². The average molecular weight is 549 g/mol. The van der Waals surface area contributed by atoms with E-state index in [2.05, 4.69) is 27.9 Å². The SMILES string of the molecule is COc1ccc(CNC(=O)c2c(N)n(-c3ccc(I)cc3)c3nc4ccccc4nc23)cc1. The molecule has 8 heteroatoms. The van der Waals surface area contributed by atoms with Crippen molar-refractivity contribution in [2.45, 2.75) is 6.54 Å². The lowest BCUT2D eigenvalue weighted by Gasteiger charge is -2.09. The fourth-order valence-electron chi connectivity index (χ4n) is 3.75. The maximum absolute atomic E-state index is 13.3. The summed E-state index contributed by atoms with van der Waals surface area (Å²) < 4.78 is 8.08. The summed E-state index contributed by atoms with van der Waals surface area (Å²) in [7, 11) is 1.62. The lowest BCUT2D eigenvalue weighted by molar-refractivity contribution is 0.0953. The lowest BCUT2D eigenvalue weighted by Crippen LogP contribution is -2.24. The van der Waals surface area contributed by atoms with Gasteiger partial charge in [-0.2, -0.15) is 0 Å². The highest BCUT2D eigenvalue weighted by Crippen LogP contribution is 2.31. The van der Waals surface area contributed by atoms with Crippen molar-refractivity contribution in [3.05, 3.63) is 87.5 Å². The van der Waals surface area contributed by atoms with Crippen LogP contribution < -0.4 is 15.8 Å². The number of nitrogens with zero attached hydrogens (tertiary/aromatic N) is 3. The Morgan fingerprint density at radius 3 is 2.33 bits per heavy atom. The largest absolute Gasteiger partial charge is 0.497 e. The molecule has 0 fully saturated rings. The van der Waals surface area contributed by atoms with Crippen LogP contribution in [0.3, 0.4) is 0 Å². The van der Waals surface area contributed by atoms with Crippen molar-refractivity contribution in [3.63, 3.8) is 0 Å². The van der Waals surface area contributed by atoms with Gasteiger partial charge in [-0.3, -0.25) is 9.36 Å². The summed E-state index contributed by atoms with van der Waals surface area (Å²) in [4.78, 5) is 22.9. The first-order valence-electron chi connectivity index (χ1n) is 10.3. The van der Waals surface area contributed by atoms with Crippen molar-refractivity contribution in [1.29, 1.82) is 0 Å². The van der Waals surface area contributed by atoms with Crippen LogP contribution in [0, 0.1) is 3.57 Å². The Morgan fingerprint density at radius 2 is 1.67 bits per heavy atom. The van der Waals surface area contributed by atoms with Crippen LogP contribution in [0.25, 0.3) is 27.9 Å². The van der Waals surface area contributed by atoms with Crippen LogP contribution >= 0.6 is 22.6 Å². The number of halogens is 1. The molecule has 0 saturated carbocycles. The minimum absolute atomic E-state index is 0.300. The summed E-state index contributed by atoms with van der Waals surface area (Å²) in [6.07, 6.45) is 0. The van der Waals surface area contributed by atoms with Gasteiger partial charge in [-0.1, -0.05) is 24.3 Å². The second kappa shape index (κ2) is 8.70. The lowest BCUT2D eigenvalue weighted by atomic mass is 10.2. The van der Waals surface area contributed by atoms with Crippen LogP contribution in [0.2, 0.25) is 0 Å². The molecule has 5 aromatic rings. The summed E-state index contributed by atoms with van der Waals surface area (Å²) in [5.74, 6) is 0.757. The number of aromatic nitrogens is 3. The molecule has 5 rings (SSSR count). The molecule has 0 aliphatic rings. The van der Waals surface area contributed by atoms with Gasteiger partial charge in [-0.05, 0) is 76.7 Å². The van der Waals surface area contributed by atoms with E-state index < -0.39 is 0 Å². The summed E-state index contributed by atoms with van der Waals surface area (Å²) in [5, 5.41) is 2.97. The number of rotatable bonds is 5. The molecule has 0 aliphatic carbocycles. The van der Waals surface area contributed by atoms with Crippen molar-refractivity contribution in [2.24, 2.45) is 0 Å². The molecule has 0 spiro atoms. The van der Waals surface area contributed by atoms with Gasteiger partial charge in [0.15, 0.2) is 5.65 Å². The third-order valence-corrected chi connectivity index (χ3v) is 6.14. The molecule has 3 aromatic carbocycles. The molecule has 0 atom stereocenters. The van der Waals surface area contributed by atoms with Gasteiger partial charge in [0.1, 0.15) is 22.6 Å². The molecule has 0 bridgehead atoms. The highest BCUT2D eigenvalue weighted by atomic mass is 127. The topological polar surface area (TPSA) is 95.1 Å². The predicted octanol–water partition coefficient (Wildman–Crippen LogP) is 4.70. The second-order valence-corrected chi connectivity index (χ2v) is 8.73. The highest BCUT2D eigenvalue weighted by Gasteiger charge is 2.24. The summed E-state index contributed by atoms with van der Waals surface area (Å²) >= 11 is 2.25. The zero-order valence-corrected chi connectivity index (χ0v) is 19.9. The number of para-hydroxylation sites is 2. The van der Waals surface area contributed by atoms with Gasteiger partial charge < -0.3 is 15.8 Å². The number of hydrogen-bond donors (Lipinski definition) is 2. The van der Waals surface area contributed by atoms with Crippen molar-refractivity contribution in [2.75, 3.05) is 12.8 Å². The predicted molar refractivity (Wildman–Crippen MR) is 138 cm³/mol. The third-order valence-electron chi connectivity index (χ3n) is 5.42. The molecule has 0 aliphatic heterocycles. The molecule has 0 saturated heterocycles. The van der Waals surface area contributed by atoms with Crippen LogP contribution in [0.15, 0.2) is 72.8 Å². The summed E-state index contributed by atoms with van der Waals surface area (Å²) in [6, 6.07) is 23.0. The highest BCUT2D eigenvalue weighted by molar-refractivity contribution is 14.1. The third kappa shape index (κ3) is 3.97. The van der Waals surface area contributed by atoms with E-state index >= 15 is 0 Å². The van der Waals surface area contributed by atoms with Crippen LogP contribution in [0.4, 0.5) is 5.82 Å². The van der Waals surface area contributed by atoms with Gasteiger partial charge in [0, 0.05) is 15.8 Å². The van der Waals surface area contributed by atoms with Gasteiger partial charge in [0.2, 0.25) is 0 Å². The maximum Gasteiger partial charge on any atom is 0.257 e. The number of nitrogens with one attached hydrogen (secondary N) is 1. The van der Waals surface area contributed by atoms with E-state index in [4.69, 9.17) is 20.4 Å². The van der Waals surface area contributed by atoms with Crippen LogP contribution in [-0.4, -0.2) is 27.6 Å². The standard InChI is InChI=1S/C25H20IN5O2/c1-33-18-12-6-15(7-13-18)14-28-25(32)21-22-24(30-20-5-3-2-4-19(20)29-22)31(23(21)27)17-10-8-16(26)9-11-17/h2-13H,14,27H2,1H3,(H,28,32). The van der Waals surface area contributed by atoms with Crippen molar-refractivity contribution < 1.29 is 9.53 Å². The minimum atomic E-state index is -0.304. The number of nitrogen functional groups attached to an aromatic ring is 1. The van der Waals surface area contributed by atoms with Crippen LogP contribution in [-0.2, 0) is 6.54 Å². The summed E-state index contributed by atoms with van der Waals surface area (Å²) in [6.45, 7) is 0.347. The van der Waals surface area contributed by atoms with E-state index in [1.807, 2.05) is 72.8 Å². The van der Waals surface area contributed by atoms with Gasteiger partial charge in [-0.15, -0.1) is 0 Å². The fourth-order valence-corrected chi connectivity index (χ4v) is 4.11. The van der Waals surface area contributed by atoms with Crippen LogP contribution in [0.1, 0.15) is 15.9 Å². The molecule has 164 valence electrons. The average Bonchev–Trinajstić information content (AvgIpc) is 3.12. The molecule has 2 heterocycles. The second-order valence-electron chi connectivity index (χ2n) is 7.49. The quantitative estimate of drug-likeness (QED) is 0.310. The Balaban J connectivity index is 1.60. The number of hydrogen-bond acceptors (Lipinski definition) is 5. The number of anilines is 1. The number of nitrogens with two attached hydrogens (primary N) is 1. The Kier molecular flexibility index (Phi) is 5.59.